The van der Waals surface area contributed by atoms with E-state index in [1.54, 1.807) is 12.1 Å². The number of unbranched alkanes of at least 4 members (excludes halogenated alkanes) is 1. The molecular weight excluding hydrogens is 376 g/mol. The van der Waals surface area contributed by atoms with Crippen molar-refractivity contribution in [3.8, 4) is 5.75 Å². The van der Waals surface area contributed by atoms with E-state index in [4.69, 9.17) is 14.0 Å². The fraction of sp³-hybridized carbons (Fsp3) is 0.556. The lowest BCUT2D eigenvalue weighted by Crippen LogP contribution is -2.28. The lowest BCUT2D eigenvalue weighted by atomic mass is 10.0. The van der Waals surface area contributed by atoms with Crippen molar-refractivity contribution in [3.05, 3.63) is 29.8 Å². The van der Waals surface area contributed by atoms with Crippen LogP contribution < -0.4 is 4.74 Å². The molecule has 0 radical (unpaired) electrons. The summed E-state index contributed by atoms with van der Waals surface area (Å²) >= 11 is 0. The van der Waals surface area contributed by atoms with Gasteiger partial charge in [-0.2, -0.15) is 8.42 Å². The number of carbonyl (C=O) groups excluding carboxylic acids is 2. The van der Waals surface area contributed by atoms with Crippen molar-refractivity contribution in [2.24, 2.45) is 5.92 Å². The second kappa shape index (κ2) is 11.0. The van der Waals surface area contributed by atoms with Crippen LogP contribution in [0.4, 0.5) is 0 Å². The molecule has 1 N–H and O–H groups in total. The number of ether oxygens (including phenoxy) is 2. The zero-order chi connectivity index (χ0) is 20.4. The van der Waals surface area contributed by atoms with Gasteiger partial charge in [-0.25, -0.2) is 13.8 Å². The Morgan fingerprint density at radius 1 is 1.19 bits per heavy atom. The zero-order valence-corrected chi connectivity index (χ0v) is 16.5. The number of para-hydroxylation sites is 1. The first-order chi connectivity index (χ1) is 12.7. The van der Waals surface area contributed by atoms with Crippen LogP contribution in [0.5, 0.6) is 5.75 Å². The SMILES string of the molecule is CCCCC(CC)COC(=O)c1ccccc1OC(=O)C(C)OS(=O)(=O)O. The summed E-state index contributed by atoms with van der Waals surface area (Å²) in [5.74, 6) is -1.55. The van der Waals surface area contributed by atoms with Gasteiger partial charge in [0.1, 0.15) is 11.3 Å². The molecule has 1 aromatic carbocycles. The van der Waals surface area contributed by atoms with E-state index in [1.807, 2.05) is 6.92 Å². The maximum atomic E-state index is 12.4. The Hall–Kier alpha value is -1.97. The van der Waals surface area contributed by atoms with Crippen LogP contribution in [0.2, 0.25) is 0 Å². The first kappa shape index (κ1) is 23.1. The molecule has 0 bridgehead atoms. The van der Waals surface area contributed by atoms with Crippen molar-refractivity contribution in [3.63, 3.8) is 0 Å². The minimum Gasteiger partial charge on any atom is -0.462 e. The Morgan fingerprint density at radius 3 is 2.44 bits per heavy atom. The number of esters is 2. The molecule has 2 atom stereocenters. The number of carbonyl (C=O) groups is 2. The molecule has 0 spiro atoms. The molecule has 0 aliphatic rings. The summed E-state index contributed by atoms with van der Waals surface area (Å²) in [7, 11) is -4.81. The minimum absolute atomic E-state index is 0.0373. The topological polar surface area (TPSA) is 116 Å². The van der Waals surface area contributed by atoms with E-state index < -0.39 is 28.4 Å². The highest BCUT2D eigenvalue weighted by Gasteiger charge is 2.24. The fourth-order valence-electron chi connectivity index (χ4n) is 2.31. The number of rotatable bonds is 11. The van der Waals surface area contributed by atoms with E-state index in [2.05, 4.69) is 11.1 Å². The molecular formula is C18H26O8S. The molecule has 0 saturated heterocycles. The third-order valence-corrected chi connectivity index (χ3v) is 4.44. The summed E-state index contributed by atoms with van der Waals surface area (Å²) in [5, 5.41) is 0. The molecule has 0 fully saturated rings. The quantitative estimate of drug-likeness (QED) is 0.341. The van der Waals surface area contributed by atoms with E-state index in [-0.39, 0.29) is 23.8 Å². The van der Waals surface area contributed by atoms with Crippen LogP contribution in [0.15, 0.2) is 24.3 Å². The molecule has 27 heavy (non-hydrogen) atoms. The van der Waals surface area contributed by atoms with Gasteiger partial charge in [0, 0.05) is 0 Å². The Bertz CT molecular complexity index is 729. The Kier molecular flexibility index (Phi) is 9.40. The number of hydrogen-bond donors (Lipinski definition) is 1. The maximum Gasteiger partial charge on any atom is 0.398 e. The molecule has 1 rings (SSSR count). The van der Waals surface area contributed by atoms with Gasteiger partial charge >= 0.3 is 22.3 Å². The predicted octanol–water partition coefficient (Wildman–Crippen LogP) is 3.17. The normalized spacial score (nSPS) is 13.6. The average molecular weight is 402 g/mol. The van der Waals surface area contributed by atoms with Crippen LogP contribution in [0.1, 0.15) is 56.8 Å². The molecule has 9 heteroatoms. The van der Waals surface area contributed by atoms with Crippen LogP contribution in [0, 0.1) is 5.92 Å². The first-order valence-electron chi connectivity index (χ1n) is 8.81. The van der Waals surface area contributed by atoms with Crippen molar-refractivity contribution >= 4 is 22.3 Å². The Morgan fingerprint density at radius 2 is 1.85 bits per heavy atom. The first-order valence-corrected chi connectivity index (χ1v) is 10.2. The highest BCUT2D eigenvalue weighted by molar-refractivity contribution is 7.80. The highest BCUT2D eigenvalue weighted by Crippen LogP contribution is 2.21. The van der Waals surface area contributed by atoms with Gasteiger partial charge in [-0.15, -0.1) is 0 Å². The lowest BCUT2D eigenvalue weighted by Gasteiger charge is -2.16. The standard InChI is InChI=1S/C18H26O8S/c1-4-6-9-14(5-2)12-24-18(20)15-10-7-8-11-16(15)25-17(19)13(3)26-27(21,22)23/h7-8,10-11,13-14H,4-6,9,12H2,1-3H3,(H,21,22,23). The molecule has 1 aromatic rings. The molecule has 2 unspecified atom stereocenters. The molecule has 0 saturated carbocycles. The Labute approximate surface area is 159 Å². The summed E-state index contributed by atoms with van der Waals surface area (Å²) in [6, 6.07) is 5.94. The van der Waals surface area contributed by atoms with Gasteiger partial charge in [-0.05, 0) is 31.4 Å². The number of benzene rings is 1. The minimum atomic E-state index is -4.81. The monoisotopic (exact) mass is 402 g/mol. The van der Waals surface area contributed by atoms with E-state index in [1.165, 1.54) is 12.1 Å². The summed E-state index contributed by atoms with van der Waals surface area (Å²) < 4.78 is 44.5. The van der Waals surface area contributed by atoms with Gasteiger partial charge in [-0.1, -0.05) is 45.2 Å². The molecule has 0 amide bonds. The van der Waals surface area contributed by atoms with Gasteiger partial charge in [0.25, 0.3) is 0 Å². The zero-order valence-electron chi connectivity index (χ0n) is 15.7. The average Bonchev–Trinajstić information content (AvgIpc) is 2.60. The summed E-state index contributed by atoms with van der Waals surface area (Å²) in [4.78, 5) is 24.3. The van der Waals surface area contributed by atoms with Gasteiger partial charge in [-0.3, -0.25) is 4.55 Å². The van der Waals surface area contributed by atoms with Crippen molar-refractivity contribution in [1.82, 2.24) is 0 Å². The second-order valence-electron chi connectivity index (χ2n) is 6.10. The van der Waals surface area contributed by atoms with Gasteiger partial charge in [0.05, 0.1) is 6.61 Å². The van der Waals surface area contributed by atoms with Crippen molar-refractivity contribution < 1.29 is 36.2 Å². The second-order valence-corrected chi connectivity index (χ2v) is 7.15. The van der Waals surface area contributed by atoms with Crippen LogP contribution in [0.25, 0.3) is 0 Å². The molecule has 0 aliphatic heterocycles. The molecule has 0 aromatic heterocycles. The molecule has 8 nitrogen and oxygen atoms in total. The van der Waals surface area contributed by atoms with Gasteiger partial charge in [0.2, 0.25) is 0 Å². The molecule has 152 valence electrons. The van der Waals surface area contributed by atoms with Crippen molar-refractivity contribution in [1.29, 1.82) is 0 Å². The third kappa shape index (κ3) is 8.51. The van der Waals surface area contributed by atoms with Gasteiger partial charge in [0.15, 0.2) is 6.10 Å². The molecule has 0 aliphatic carbocycles. The van der Waals surface area contributed by atoms with Crippen LogP contribution >= 0.6 is 0 Å². The fourth-order valence-corrected chi connectivity index (χ4v) is 2.75. The summed E-state index contributed by atoms with van der Waals surface area (Å²) in [6.07, 6.45) is 2.38. The summed E-state index contributed by atoms with van der Waals surface area (Å²) in [5.41, 5.74) is 0.0373. The third-order valence-electron chi connectivity index (χ3n) is 3.91. The van der Waals surface area contributed by atoms with E-state index in [0.717, 1.165) is 32.6 Å². The maximum absolute atomic E-state index is 12.4. The largest absolute Gasteiger partial charge is 0.462 e. The van der Waals surface area contributed by atoms with Crippen LogP contribution in [-0.2, 0) is 24.1 Å². The van der Waals surface area contributed by atoms with Crippen LogP contribution in [-0.4, -0.2) is 37.6 Å². The summed E-state index contributed by atoms with van der Waals surface area (Å²) in [6.45, 7) is 5.48. The van der Waals surface area contributed by atoms with Crippen molar-refractivity contribution in [2.45, 2.75) is 52.6 Å². The Balaban J connectivity index is 2.77. The highest BCUT2D eigenvalue weighted by atomic mass is 32.3. The van der Waals surface area contributed by atoms with Crippen LogP contribution in [0.3, 0.4) is 0 Å². The van der Waals surface area contributed by atoms with E-state index >= 15 is 0 Å². The lowest BCUT2D eigenvalue weighted by molar-refractivity contribution is -0.141. The smallest absolute Gasteiger partial charge is 0.398 e. The van der Waals surface area contributed by atoms with E-state index in [9.17, 15) is 18.0 Å². The predicted molar refractivity (Wildman–Crippen MR) is 97.8 cm³/mol. The van der Waals surface area contributed by atoms with Gasteiger partial charge < -0.3 is 9.47 Å². The van der Waals surface area contributed by atoms with Crippen molar-refractivity contribution in [2.75, 3.05) is 6.61 Å². The van der Waals surface area contributed by atoms with E-state index in [0.29, 0.717) is 0 Å². The number of hydrogen-bond acceptors (Lipinski definition) is 7. The molecule has 0 heterocycles.